The molecule has 1 aromatic carbocycles. The number of ether oxygens (including phenoxy) is 3. The molecule has 1 aliphatic heterocycles. The maximum atomic E-state index is 13.5. The van der Waals surface area contributed by atoms with Crippen molar-refractivity contribution in [2.75, 3.05) is 31.1 Å². The van der Waals surface area contributed by atoms with Crippen LogP contribution in [0.4, 0.5) is 14.9 Å². The van der Waals surface area contributed by atoms with Gasteiger partial charge in [0.25, 0.3) is 0 Å². The topological polar surface area (TPSA) is 111 Å². The highest BCUT2D eigenvalue weighted by molar-refractivity contribution is 9.10. The first-order valence-electron chi connectivity index (χ1n) is 16.3. The Morgan fingerprint density at radius 2 is 1.90 bits per heavy atom. The van der Waals surface area contributed by atoms with Crippen LogP contribution < -0.4 is 4.90 Å². The SMILES string of the molecule is CC(C)(C)OC(=O)N(CCCN(C[C@H]1C[C@@H](n2ccc3c(Cl)ncnc32)[C@@H]2OC(C)(C)O[C@H]12)c1cn[nH]c1Br)CCc1ccc(F)cc1. The van der Waals surface area contributed by atoms with E-state index in [0.717, 1.165) is 33.3 Å². The lowest BCUT2D eigenvalue weighted by molar-refractivity contribution is -0.159. The second-order valence-electron chi connectivity index (χ2n) is 14.0. The van der Waals surface area contributed by atoms with E-state index in [1.165, 1.54) is 18.5 Å². The van der Waals surface area contributed by atoms with E-state index in [1.54, 1.807) is 17.0 Å². The Morgan fingerprint density at radius 1 is 1.15 bits per heavy atom. The molecule has 6 rings (SSSR count). The first-order valence-corrected chi connectivity index (χ1v) is 17.4. The lowest BCUT2D eigenvalue weighted by Gasteiger charge is -2.31. The summed E-state index contributed by atoms with van der Waals surface area (Å²) < 4.78 is 35.2. The van der Waals surface area contributed by atoms with Crippen LogP contribution in [0.1, 0.15) is 59.1 Å². The minimum absolute atomic E-state index is 0.0194. The van der Waals surface area contributed by atoms with Crippen LogP contribution in [0.2, 0.25) is 5.15 Å². The number of hydrogen-bond donors (Lipinski definition) is 1. The van der Waals surface area contributed by atoms with E-state index in [2.05, 4.69) is 45.6 Å². The Balaban J connectivity index is 1.19. The molecule has 4 atom stereocenters. The summed E-state index contributed by atoms with van der Waals surface area (Å²) in [5.41, 5.74) is 2.01. The van der Waals surface area contributed by atoms with Crippen LogP contribution in [0.25, 0.3) is 11.0 Å². The van der Waals surface area contributed by atoms with Crippen molar-refractivity contribution >= 4 is 50.3 Å². The molecule has 14 heteroatoms. The molecule has 11 nitrogen and oxygen atoms in total. The lowest BCUT2D eigenvalue weighted by Crippen LogP contribution is -2.41. The zero-order chi connectivity index (χ0) is 34.2. The van der Waals surface area contributed by atoms with Gasteiger partial charge >= 0.3 is 6.09 Å². The van der Waals surface area contributed by atoms with E-state index >= 15 is 0 Å². The number of nitrogens with zero attached hydrogens (tertiary/aromatic N) is 6. The summed E-state index contributed by atoms with van der Waals surface area (Å²) in [6.07, 6.45) is 6.65. The van der Waals surface area contributed by atoms with E-state index in [9.17, 15) is 9.18 Å². The number of nitrogens with one attached hydrogen (secondary N) is 1. The summed E-state index contributed by atoms with van der Waals surface area (Å²) in [6, 6.07) is 8.30. The van der Waals surface area contributed by atoms with Gasteiger partial charge in [0.05, 0.1) is 29.4 Å². The molecule has 0 bridgehead atoms. The fourth-order valence-corrected chi connectivity index (χ4v) is 7.43. The Hall–Kier alpha value is -3.26. The molecule has 1 amide bonds. The number of benzene rings is 1. The summed E-state index contributed by atoms with van der Waals surface area (Å²) in [7, 11) is 0. The van der Waals surface area contributed by atoms with Gasteiger partial charge in [-0.05, 0) is 93.6 Å². The van der Waals surface area contributed by atoms with Crippen LogP contribution in [-0.2, 0) is 20.6 Å². The van der Waals surface area contributed by atoms with Crippen LogP contribution >= 0.6 is 27.5 Å². The minimum atomic E-state index is -0.735. The Labute approximate surface area is 293 Å². The molecule has 1 saturated carbocycles. The van der Waals surface area contributed by atoms with Gasteiger partial charge in [-0.1, -0.05) is 23.7 Å². The van der Waals surface area contributed by atoms with Crippen molar-refractivity contribution in [1.82, 2.24) is 29.6 Å². The van der Waals surface area contributed by atoms with Crippen LogP contribution in [0.5, 0.6) is 0 Å². The number of halogens is 3. The van der Waals surface area contributed by atoms with Gasteiger partial charge in [-0.2, -0.15) is 5.10 Å². The third kappa shape index (κ3) is 7.79. The van der Waals surface area contributed by atoms with Crippen molar-refractivity contribution < 1.29 is 23.4 Å². The number of carbonyl (C=O) groups excluding carboxylic acids is 1. The number of rotatable bonds is 11. The molecule has 48 heavy (non-hydrogen) atoms. The van der Waals surface area contributed by atoms with Crippen molar-refractivity contribution in [2.24, 2.45) is 5.92 Å². The molecule has 4 aromatic rings. The number of amides is 1. The number of anilines is 1. The molecule has 2 aliphatic rings. The standard InChI is InChI=1S/C34H42BrClFN7O4/c1-33(2,3)48-32(45)42(15-11-21-7-9-23(37)10-8-21)13-6-14-43(26-18-40-41-29(26)35)19-22-17-25(28-27(22)46-34(4,5)47-28)44-16-12-24-30(36)38-20-39-31(24)44/h7-10,12,16,18,20,22,25,27-28H,6,11,13-15,17,19H2,1-5H3,(H,40,41)/t22-,25-,27-,28+/m1/s1. The minimum Gasteiger partial charge on any atom is -0.444 e. The van der Waals surface area contributed by atoms with E-state index in [4.69, 9.17) is 25.8 Å². The molecule has 2 fully saturated rings. The number of aromatic nitrogens is 5. The largest absolute Gasteiger partial charge is 0.444 e. The summed E-state index contributed by atoms with van der Waals surface area (Å²) in [4.78, 5) is 26.0. The van der Waals surface area contributed by atoms with Crippen LogP contribution in [0, 0.1) is 11.7 Å². The normalized spacial score (nSPS) is 21.8. The van der Waals surface area contributed by atoms with Gasteiger partial charge in [-0.15, -0.1) is 0 Å². The van der Waals surface area contributed by atoms with E-state index in [0.29, 0.717) is 44.2 Å². The third-order valence-electron chi connectivity index (χ3n) is 8.83. The summed E-state index contributed by atoms with van der Waals surface area (Å²) in [5.74, 6) is -0.911. The Kier molecular flexibility index (Phi) is 10.0. The highest BCUT2D eigenvalue weighted by Gasteiger charge is 2.55. The summed E-state index contributed by atoms with van der Waals surface area (Å²) in [6.45, 7) is 11.7. The molecule has 0 unspecified atom stereocenters. The maximum absolute atomic E-state index is 13.5. The van der Waals surface area contributed by atoms with E-state index < -0.39 is 11.4 Å². The zero-order valence-corrected chi connectivity index (χ0v) is 30.2. The second-order valence-corrected chi connectivity index (χ2v) is 15.1. The molecule has 0 radical (unpaired) electrons. The van der Waals surface area contributed by atoms with Gasteiger partial charge in [0.1, 0.15) is 39.3 Å². The Morgan fingerprint density at radius 3 is 2.60 bits per heavy atom. The van der Waals surface area contributed by atoms with Gasteiger partial charge in [-0.3, -0.25) is 5.10 Å². The summed E-state index contributed by atoms with van der Waals surface area (Å²) in [5, 5.41) is 8.50. The molecule has 0 spiro atoms. The van der Waals surface area contributed by atoms with Crippen molar-refractivity contribution in [3.63, 3.8) is 0 Å². The average Bonchev–Trinajstić information content (AvgIpc) is 3.78. The first-order chi connectivity index (χ1) is 22.8. The highest BCUT2D eigenvalue weighted by atomic mass is 79.9. The highest BCUT2D eigenvalue weighted by Crippen LogP contribution is 2.48. The fourth-order valence-electron chi connectivity index (χ4n) is 6.78. The Bertz CT molecular complexity index is 1730. The number of carbonyl (C=O) groups is 1. The van der Waals surface area contributed by atoms with Gasteiger partial charge in [-0.25, -0.2) is 19.2 Å². The molecular weight excluding hydrogens is 705 g/mol. The van der Waals surface area contributed by atoms with Crippen LogP contribution in [0.3, 0.4) is 0 Å². The molecule has 258 valence electrons. The van der Waals surface area contributed by atoms with Gasteiger partial charge < -0.3 is 28.6 Å². The predicted molar refractivity (Wildman–Crippen MR) is 185 cm³/mol. The molecular formula is C34H42BrClFN7O4. The fraction of sp³-hybridized carbons (Fsp3) is 0.529. The van der Waals surface area contributed by atoms with Gasteiger partial charge in [0.15, 0.2) is 5.79 Å². The summed E-state index contributed by atoms with van der Waals surface area (Å²) >= 11 is 10.0. The molecule has 4 heterocycles. The van der Waals surface area contributed by atoms with Crippen molar-refractivity contribution in [3.05, 3.63) is 70.2 Å². The molecule has 1 N–H and O–H groups in total. The number of H-pyrrole nitrogens is 1. The van der Waals surface area contributed by atoms with Crippen molar-refractivity contribution in [3.8, 4) is 0 Å². The third-order valence-corrected chi connectivity index (χ3v) is 9.72. The average molecular weight is 747 g/mol. The number of fused-ring (bicyclic) bond motifs is 2. The molecule has 3 aromatic heterocycles. The van der Waals surface area contributed by atoms with Crippen LogP contribution in [-0.4, -0.2) is 85.5 Å². The smallest absolute Gasteiger partial charge is 0.410 e. The molecule has 1 saturated heterocycles. The zero-order valence-electron chi connectivity index (χ0n) is 27.8. The first kappa shape index (κ1) is 34.6. The van der Waals surface area contributed by atoms with Crippen molar-refractivity contribution in [2.45, 2.75) is 83.5 Å². The predicted octanol–water partition coefficient (Wildman–Crippen LogP) is 7.17. The number of hydrogen-bond acceptors (Lipinski definition) is 8. The quantitative estimate of drug-likeness (QED) is 0.161. The van der Waals surface area contributed by atoms with Gasteiger partial charge in [0.2, 0.25) is 0 Å². The van der Waals surface area contributed by atoms with Crippen molar-refractivity contribution in [1.29, 1.82) is 0 Å². The van der Waals surface area contributed by atoms with Gasteiger partial charge in [0, 0.05) is 38.3 Å². The second kappa shape index (κ2) is 13.9. The van der Waals surface area contributed by atoms with E-state index in [-0.39, 0.29) is 36.1 Å². The molecule has 1 aliphatic carbocycles. The van der Waals surface area contributed by atoms with E-state index in [1.807, 2.05) is 53.1 Å². The monoisotopic (exact) mass is 745 g/mol. The maximum Gasteiger partial charge on any atom is 0.410 e. The number of aromatic amines is 1. The lowest BCUT2D eigenvalue weighted by atomic mass is 10.0. The van der Waals surface area contributed by atoms with Crippen LogP contribution in [0.15, 0.2) is 53.7 Å².